The summed E-state index contributed by atoms with van der Waals surface area (Å²) in [5, 5.41) is 14.7. The molecule has 3 aromatic heterocycles. The minimum absolute atomic E-state index is 0.505. The molecule has 0 radical (unpaired) electrons. The van der Waals surface area contributed by atoms with Crippen LogP contribution in [0.15, 0.2) is 84.9 Å². The van der Waals surface area contributed by atoms with Crippen molar-refractivity contribution in [2.75, 3.05) is 13.2 Å². The number of nitrogens with zero attached hydrogens (tertiary/aromatic N) is 6. The number of pyridine rings is 1. The van der Waals surface area contributed by atoms with Crippen molar-refractivity contribution in [3.05, 3.63) is 102 Å². The standard InChI is InChI=1S/C34H33N7O2/c1-2-3-14-30-35-29-21-28(24-10-5-4-6-11-24)31(34-42-19-9-20-43-34)36-33(29)41(30)22-23-15-17-25(18-16-23)26-12-7-8-13-27(26)32-37-39-40-38-32/h4-8,10-13,15-18,21,34H,2-3,9,14,19-20,22H2,1H3,(H,37,38,39,40). The third kappa shape index (κ3) is 5.57. The Morgan fingerprint density at radius 2 is 1.58 bits per heavy atom. The molecule has 3 aromatic carbocycles. The number of imidazole rings is 1. The molecular formula is C34H33N7O2. The molecule has 1 aliphatic rings. The van der Waals surface area contributed by atoms with E-state index in [0.29, 0.717) is 25.6 Å². The van der Waals surface area contributed by atoms with Gasteiger partial charge in [0.2, 0.25) is 12.1 Å². The first-order valence-electron chi connectivity index (χ1n) is 14.9. The minimum Gasteiger partial charge on any atom is -0.347 e. The first-order valence-corrected chi connectivity index (χ1v) is 14.9. The number of H-pyrrole nitrogens is 1. The summed E-state index contributed by atoms with van der Waals surface area (Å²) in [7, 11) is 0. The predicted molar refractivity (Wildman–Crippen MR) is 165 cm³/mol. The highest BCUT2D eigenvalue weighted by atomic mass is 16.7. The van der Waals surface area contributed by atoms with Crippen molar-refractivity contribution in [1.82, 2.24) is 35.2 Å². The lowest BCUT2D eigenvalue weighted by molar-refractivity contribution is -0.184. The number of nitrogens with one attached hydrogen (secondary N) is 1. The molecule has 1 aliphatic heterocycles. The number of unbranched alkanes of at least 4 members (excludes halogenated alkanes) is 1. The quantitative estimate of drug-likeness (QED) is 0.204. The summed E-state index contributed by atoms with van der Waals surface area (Å²) in [6.45, 7) is 4.18. The molecule has 9 heteroatoms. The van der Waals surface area contributed by atoms with Gasteiger partial charge in [0.25, 0.3) is 0 Å². The number of aromatic amines is 1. The van der Waals surface area contributed by atoms with Crippen LogP contribution in [0.25, 0.3) is 44.8 Å². The number of hydrogen-bond acceptors (Lipinski definition) is 7. The molecule has 0 unspecified atom stereocenters. The zero-order chi connectivity index (χ0) is 29.0. The molecule has 216 valence electrons. The van der Waals surface area contributed by atoms with Crippen LogP contribution in [0.4, 0.5) is 0 Å². The molecule has 1 saturated heterocycles. The lowest BCUT2D eigenvalue weighted by atomic mass is 9.98. The van der Waals surface area contributed by atoms with Gasteiger partial charge in [0.15, 0.2) is 5.65 Å². The second kappa shape index (κ2) is 12.2. The van der Waals surface area contributed by atoms with Gasteiger partial charge in [0.05, 0.1) is 19.8 Å². The van der Waals surface area contributed by atoms with E-state index < -0.39 is 6.29 Å². The Bertz CT molecular complexity index is 1810. The Balaban J connectivity index is 1.28. The smallest absolute Gasteiger partial charge is 0.205 e. The van der Waals surface area contributed by atoms with Crippen LogP contribution >= 0.6 is 0 Å². The fourth-order valence-electron chi connectivity index (χ4n) is 5.65. The molecule has 0 atom stereocenters. The molecule has 0 saturated carbocycles. The van der Waals surface area contributed by atoms with E-state index >= 15 is 0 Å². The van der Waals surface area contributed by atoms with Crippen LogP contribution < -0.4 is 0 Å². The van der Waals surface area contributed by atoms with Crippen molar-refractivity contribution in [3.63, 3.8) is 0 Å². The van der Waals surface area contributed by atoms with Gasteiger partial charge >= 0.3 is 0 Å². The molecule has 0 amide bonds. The van der Waals surface area contributed by atoms with Crippen molar-refractivity contribution in [1.29, 1.82) is 0 Å². The van der Waals surface area contributed by atoms with Crippen LogP contribution in [-0.2, 0) is 22.4 Å². The minimum atomic E-state index is -0.505. The number of tetrazole rings is 1. The van der Waals surface area contributed by atoms with Crippen LogP contribution in [0.5, 0.6) is 0 Å². The van der Waals surface area contributed by atoms with E-state index in [1.165, 1.54) is 5.56 Å². The Hall–Kier alpha value is -4.73. The average molecular weight is 572 g/mol. The molecule has 9 nitrogen and oxygen atoms in total. The second-order valence-corrected chi connectivity index (χ2v) is 10.8. The third-order valence-corrected chi connectivity index (χ3v) is 7.84. The molecule has 0 bridgehead atoms. The van der Waals surface area contributed by atoms with Crippen molar-refractivity contribution < 1.29 is 9.47 Å². The Morgan fingerprint density at radius 1 is 0.837 bits per heavy atom. The number of fused-ring (bicyclic) bond motifs is 1. The highest BCUT2D eigenvalue weighted by Crippen LogP contribution is 2.35. The molecule has 0 spiro atoms. The summed E-state index contributed by atoms with van der Waals surface area (Å²) in [5.41, 5.74) is 8.85. The van der Waals surface area contributed by atoms with E-state index in [9.17, 15) is 0 Å². The lowest BCUT2D eigenvalue weighted by Gasteiger charge is -2.24. The SMILES string of the molecule is CCCCc1nc2cc(-c3ccccc3)c(C3OCCCO3)nc2n1Cc1ccc(-c2ccccc2-c2nn[nH]n2)cc1. The van der Waals surface area contributed by atoms with Crippen LogP contribution in [0.2, 0.25) is 0 Å². The maximum atomic E-state index is 6.07. The van der Waals surface area contributed by atoms with Gasteiger partial charge in [-0.1, -0.05) is 92.2 Å². The van der Waals surface area contributed by atoms with Gasteiger partial charge in [0.1, 0.15) is 17.0 Å². The summed E-state index contributed by atoms with van der Waals surface area (Å²) < 4.78 is 14.4. The average Bonchev–Trinajstić information content (AvgIpc) is 3.73. The Kier molecular flexibility index (Phi) is 7.73. The molecule has 1 fully saturated rings. The second-order valence-electron chi connectivity index (χ2n) is 10.8. The number of hydrogen-bond donors (Lipinski definition) is 1. The van der Waals surface area contributed by atoms with Crippen molar-refractivity contribution in [3.8, 4) is 33.6 Å². The molecule has 43 heavy (non-hydrogen) atoms. The zero-order valence-corrected chi connectivity index (χ0v) is 24.1. The first-order chi connectivity index (χ1) is 21.3. The molecular weight excluding hydrogens is 538 g/mol. The lowest BCUT2D eigenvalue weighted by Crippen LogP contribution is -2.20. The van der Waals surface area contributed by atoms with Gasteiger partial charge in [-0.15, -0.1) is 10.2 Å². The summed E-state index contributed by atoms with van der Waals surface area (Å²) in [6, 6.07) is 29.2. The van der Waals surface area contributed by atoms with E-state index in [1.807, 2.05) is 36.4 Å². The summed E-state index contributed by atoms with van der Waals surface area (Å²) in [4.78, 5) is 10.4. The van der Waals surface area contributed by atoms with Crippen LogP contribution in [-0.4, -0.2) is 48.4 Å². The van der Waals surface area contributed by atoms with Gasteiger partial charge < -0.3 is 14.0 Å². The van der Waals surface area contributed by atoms with Crippen LogP contribution in [0, 0.1) is 0 Å². The highest BCUT2D eigenvalue weighted by molar-refractivity contribution is 5.82. The Labute approximate surface area is 249 Å². The van der Waals surface area contributed by atoms with E-state index in [2.05, 4.69) is 80.6 Å². The molecule has 6 aromatic rings. The van der Waals surface area contributed by atoms with Gasteiger partial charge in [-0.2, -0.15) is 5.21 Å². The topological polar surface area (TPSA) is 104 Å². The first kappa shape index (κ1) is 27.1. The van der Waals surface area contributed by atoms with Crippen molar-refractivity contribution >= 4 is 11.2 Å². The molecule has 7 rings (SSSR count). The summed E-state index contributed by atoms with van der Waals surface area (Å²) >= 11 is 0. The predicted octanol–water partition coefficient (Wildman–Crippen LogP) is 6.77. The summed E-state index contributed by atoms with van der Waals surface area (Å²) in [6.07, 6.45) is 3.41. The van der Waals surface area contributed by atoms with E-state index in [-0.39, 0.29) is 0 Å². The maximum Gasteiger partial charge on any atom is 0.205 e. The fourth-order valence-corrected chi connectivity index (χ4v) is 5.65. The van der Waals surface area contributed by atoms with Gasteiger partial charge in [-0.05, 0) is 46.4 Å². The van der Waals surface area contributed by atoms with Crippen molar-refractivity contribution in [2.45, 2.75) is 45.4 Å². The molecule has 4 heterocycles. The van der Waals surface area contributed by atoms with E-state index in [0.717, 1.165) is 76.2 Å². The number of aryl methyl sites for hydroxylation is 1. The van der Waals surface area contributed by atoms with E-state index in [4.69, 9.17) is 19.4 Å². The molecule has 1 N–H and O–H groups in total. The number of benzene rings is 3. The molecule has 0 aliphatic carbocycles. The fraction of sp³-hybridized carbons (Fsp3) is 0.265. The van der Waals surface area contributed by atoms with Crippen molar-refractivity contribution in [2.24, 2.45) is 0 Å². The monoisotopic (exact) mass is 571 g/mol. The number of aromatic nitrogens is 7. The van der Waals surface area contributed by atoms with Gasteiger partial charge in [-0.25, -0.2) is 9.97 Å². The maximum absolute atomic E-state index is 6.07. The zero-order valence-electron chi connectivity index (χ0n) is 24.1. The van der Waals surface area contributed by atoms with Gasteiger partial charge in [-0.3, -0.25) is 0 Å². The van der Waals surface area contributed by atoms with E-state index in [1.54, 1.807) is 0 Å². The Morgan fingerprint density at radius 3 is 2.33 bits per heavy atom. The third-order valence-electron chi connectivity index (χ3n) is 7.84. The normalized spacial score (nSPS) is 14.0. The number of rotatable bonds is 9. The van der Waals surface area contributed by atoms with Crippen LogP contribution in [0.3, 0.4) is 0 Å². The largest absolute Gasteiger partial charge is 0.347 e. The highest BCUT2D eigenvalue weighted by Gasteiger charge is 2.25. The van der Waals surface area contributed by atoms with Gasteiger partial charge in [0, 0.05) is 17.5 Å². The van der Waals surface area contributed by atoms with Crippen LogP contribution in [0.1, 0.15) is 49.6 Å². The number of ether oxygens (including phenoxy) is 2. The summed E-state index contributed by atoms with van der Waals surface area (Å²) in [5.74, 6) is 1.62.